The summed E-state index contributed by atoms with van der Waals surface area (Å²) >= 11 is 0. The van der Waals surface area contributed by atoms with E-state index >= 15 is 0 Å². The highest BCUT2D eigenvalue weighted by atomic mass is 32.2. The van der Waals surface area contributed by atoms with E-state index < -0.39 is 16.1 Å². The van der Waals surface area contributed by atoms with Gasteiger partial charge in [-0.1, -0.05) is 44.2 Å². The molecule has 18 heavy (non-hydrogen) atoms. The maximum absolute atomic E-state index is 11.8. The zero-order chi connectivity index (χ0) is 13.6. The van der Waals surface area contributed by atoms with Gasteiger partial charge in [0, 0.05) is 6.04 Å². The summed E-state index contributed by atoms with van der Waals surface area (Å²) in [4.78, 5) is 0. The standard InChI is InChI=1S/C13H21NO3S/c1-11(2)10-18(16,17)14-13(9-15)8-12-6-4-3-5-7-12/h3-7,11,13-15H,8-10H2,1-2H3. The molecule has 0 aromatic heterocycles. The molecule has 0 amide bonds. The Labute approximate surface area is 109 Å². The van der Waals surface area contributed by atoms with E-state index in [0.717, 1.165) is 5.56 Å². The Kier molecular flexibility index (Phi) is 5.78. The summed E-state index contributed by atoms with van der Waals surface area (Å²) in [6, 6.07) is 9.06. The number of rotatable bonds is 7. The van der Waals surface area contributed by atoms with Gasteiger partial charge >= 0.3 is 0 Å². The van der Waals surface area contributed by atoms with Crippen molar-refractivity contribution >= 4 is 10.0 Å². The molecule has 0 aliphatic carbocycles. The zero-order valence-corrected chi connectivity index (χ0v) is 11.7. The van der Waals surface area contributed by atoms with Gasteiger partial charge in [0.05, 0.1) is 12.4 Å². The van der Waals surface area contributed by atoms with Gasteiger partial charge in [0.2, 0.25) is 10.0 Å². The molecule has 0 aliphatic rings. The minimum atomic E-state index is -3.32. The quantitative estimate of drug-likeness (QED) is 0.782. The largest absolute Gasteiger partial charge is 0.395 e. The summed E-state index contributed by atoms with van der Waals surface area (Å²) in [6.45, 7) is 3.50. The van der Waals surface area contributed by atoms with Crippen molar-refractivity contribution in [2.75, 3.05) is 12.4 Å². The Morgan fingerprint density at radius 1 is 1.22 bits per heavy atom. The molecule has 1 unspecified atom stereocenters. The number of sulfonamides is 1. The zero-order valence-electron chi connectivity index (χ0n) is 10.8. The van der Waals surface area contributed by atoms with Gasteiger partial charge in [0.1, 0.15) is 0 Å². The van der Waals surface area contributed by atoms with Crippen LogP contribution < -0.4 is 4.72 Å². The second kappa shape index (κ2) is 6.87. The Hall–Kier alpha value is -0.910. The molecule has 0 fully saturated rings. The fourth-order valence-electron chi connectivity index (χ4n) is 1.78. The molecule has 1 aromatic rings. The Bertz CT molecular complexity index is 443. The molecule has 102 valence electrons. The lowest BCUT2D eigenvalue weighted by Crippen LogP contribution is -2.41. The number of aliphatic hydroxyl groups is 1. The van der Waals surface area contributed by atoms with Crippen molar-refractivity contribution in [1.29, 1.82) is 0 Å². The van der Waals surface area contributed by atoms with Crippen molar-refractivity contribution in [3.63, 3.8) is 0 Å². The van der Waals surface area contributed by atoms with Gasteiger partial charge in [-0.05, 0) is 17.9 Å². The Morgan fingerprint density at radius 3 is 2.33 bits per heavy atom. The van der Waals surface area contributed by atoms with E-state index in [4.69, 9.17) is 0 Å². The van der Waals surface area contributed by atoms with Crippen LogP contribution in [0.5, 0.6) is 0 Å². The molecule has 0 heterocycles. The first-order chi connectivity index (χ1) is 8.43. The van der Waals surface area contributed by atoms with Crippen molar-refractivity contribution < 1.29 is 13.5 Å². The van der Waals surface area contributed by atoms with Crippen LogP contribution in [0.25, 0.3) is 0 Å². The second-order valence-corrected chi connectivity index (χ2v) is 6.66. The van der Waals surface area contributed by atoms with Crippen LogP contribution in [0.3, 0.4) is 0 Å². The molecule has 4 nitrogen and oxygen atoms in total. The Balaban J connectivity index is 2.63. The minimum Gasteiger partial charge on any atom is -0.395 e. The summed E-state index contributed by atoms with van der Waals surface area (Å²) in [5, 5.41) is 9.26. The van der Waals surface area contributed by atoms with Crippen molar-refractivity contribution in [3.8, 4) is 0 Å². The molecule has 0 bridgehead atoms. The van der Waals surface area contributed by atoms with Gasteiger partial charge in [0.25, 0.3) is 0 Å². The van der Waals surface area contributed by atoms with E-state index in [1.54, 1.807) is 0 Å². The van der Waals surface area contributed by atoms with Gasteiger partial charge in [-0.15, -0.1) is 0 Å². The first-order valence-electron chi connectivity index (χ1n) is 6.07. The molecule has 0 radical (unpaired) electrons. The average molecular weight is 271 g/mol. The van der Waals surface area contributed by atoms with E-state index in [1.165, 1.54) is 0 Å². The number of aliphatic hydroxyl groups excluding tert-OH is 1. The normalized spacial score (nSPS) is 13.8. The molecule has 0 saturated carbocycles. The van der Waals surface area contributed by atoms with Crippen LogP contribution in [0, 0.1) is 5.92 Å². The van der Waals surface area contributed by atoms with Crippen LogP contribution in [0.2, 0.25) is 0 Å². The lowest BCUT2D eigenvalue weighted by molar-refractivity contribution is 0.256. The molecule has 0 spiro atoms. The van der Waals surface area contributed by atoms with E-state index in [9.17, 15) is 13.5 Å². The third-order valence-electron chi connectivity index (χ3n) is 2.44. The summed E-state index contributed by atoms with van der Waals surface area (Å²) in [6.07, 6.45) is 0.495. The topological polar surface area (TPSA) is 66.4 Å². The van der Waals surface area contributed by atoms with Crippen molar-refractivity contribution in [2.45, 2.75) is 26.3 Å². The Morgan fingerprint density at radius 2 is 1.83 bits per heavy atom. The van der Waals surface area contributed by atoms with E-state index in [0.29, 0.717) is 6.42 Å². The van der Waals surface area contributed by atoms with Gasteiger partial charge in [-0.3, -0.25) is 0 Å². The van der Waals surface area contributed by atoms with Gasteiger partial charge in [-0.25, -0.2) is 13.1 Å². The van der Waals surface area contributed by atoms with Gasteiger partial charge in [0.15, 0.2) is 0 Å². The van der Waals surface area contributed by atoms with Crippen LogP contribution in [0.1, 0.15) is 19.4 Å². The SMILES string of the molecule is CC(C)CS(=O)(=O)NC(CO)Cc1ccccc1. The molecule has 2 N–H and O–H groups in total. The van der Waals surface area contributed by atoms with Crippen LogP contribution >= 0.6 is 0 Å². The fourth-order valence-corrected chi connectivity index (χ4v) is 3.42. The number of benzene rings is 1. The summed E-state index contributed by atoms with van der Waals surface area (Å²) in [5.41, 5.74) is 1.00. The average Bonchev–Trinajstić information content (AvgIpc) is 2.27. The maximum atomic E-state index is 11.8. The molecule has 0 saturated heterocycles. The third kappa shape index (κ3) is 5.62. The summed E-state index contributed by atoms with van der Waals surface area (Å²) in [5.74, 6) is 0.150. The second-order valence-electron chi connectivity index (χ2n) is 4.86. The van der Waals surface area contributed by atoms with Crippen LogP contribution in [0.15, 0.2) is 30.3 Å². The third-order valence-corrected chi connectivity index (χ3v) is 4.24. The number of hydrogen-bond acceptors (Lipinski definition) is 3. The molecular weight excluding hydrogens is 250 g/mol. The lowest BCUT2D eigenvalue weighted by Gasteiger charge is -2.17. The summed E-state index contributed by atoms with van der Waals surface area (Å²) < 4.78 is 26.1. The lowest BCUT2D eigenvalue weighted by atomic mass is 10.1. The van der Waals surface area contributed by atoms with Crippen molar-refractivity contribution in [1.82, 2.24) is 4.72 Å². The smallest absolute Gasteiger partial charge is 0.212 e. The number of nitrogens with one attached hydrogen (secondary N) is 1. The highest BCUT2D eigenvalue weighted by molar-refractivity contribution is 7.89. The first-order valence-corrected chi connectivity index (χ1v) is 7.73. The minimum absolute atomic E-state index is 0.0681. The van der Waals surface area contributed by atoms with Gasteiger partial charge in [-0.2, -0.15) is 0 Å². The maximum Gasteiger partial charge on any atom is 0.212 e. The van der Waals surface area contributed by atoms with Crippen LogP contribution in [-0.4, -0.2) is 31.9 Å². The van der Waals surface area contributed by atoms with E-state index in [-0.39, 0.29) is 18.3 Å². The molecule has 1 aromatic carbocycles. The van der Waals surface area contributed by atoms with Crippen LogP contribution in [-0.2, 0) is 16.4 Å². The van der Waals surface area contributed by atoms with Crippen molar-refractivity contribution in [2.24, 2.45) is 5.92 Å². The first kappa shape index (κ1) is 15.1. The molecule has 0 aliphatic heterocycles. The van der Waals surface area contributed by atoms with Gasteiger partial charge < -0.3 is 5.11 Å². The van der Waals surface area contributed by atoms with Crippen molar-refractivity contribution in [3.05, 3.63) is 35.9 Å². The highest BCUT2D eigenvalue weighted by Crippen LogP contribution is 2.05. The fraction of sp³-hybridized carbons (Fsp3) is 0.538. The van der Waals surface area contributed by atoms with Crippen LogP contribution in [0.4, 0.5) is 0 Å². The monoisotopic (exact) mass is 271 g/mol. The molecular formula is C13H21NO3S. The predicted molar refractivity (Wildman–Crippen MR) is 72.8 cm³/mol. The number of hydrogen-bond donors (Lipinski definition) is 2. The molecule has 1 atom stereocenters. The summed E-state index contributed by atoms with van der Waals surface area (Å²) in [7, 11) is -3.32. The predicted octanol–water partition coefficient (Wildman–Crippen LogP) is 1.17. The van der Waals surface area contributed by atoms with E-state index in [2.05, 4.69) is 4.72 Å². The van der Waals surface area contributed by atoms with E-state index in [1.807, 2.05) is 44.2 Å². The molecule has 1 rings (SSSR count). The molecule has 5 heteroatoms. The highest BCUT2D eigenvalue weighted by Gasteiger charge is 2.18.